The van der Waals surface area contributed by atoms with Crippen LogP contribution < -0.4 is 16.1 Å². The van der Waals surface area contributed by atoms with Crippen LogP contribution in [0.4, 0.5) is 0 Å². The van der Waals surface area contributed by atoms with Crippen molar-refractivity contribution in [1.82, 2.24) is 15.0 Å². The van der Waals surface area contributed by atoms with E-state index in [2.05, 4.69) is 9.97 Å². The maximum Gasteiger partial charge on any atom is 0.353 e. The second kappa shape index (κ2) is 5.81. The number of rotatable bonds is 5. The zero-order chi connectivity index (χ0) is 12.8. The van der Waals surface area contributed by atoms with Gasteiger partial charge in [-0.2, -0.15) is 0 Å². The number of hydrogen-bond donors (Lipinski definition) is 2. The van der Waals surface area contributed by atoms with Crippen LogP contribution in [0.2, 0.25) is 0 Å². The Morgan fingerprint density at radius 2 is 1.89 bits per heavy atom. The van der Waals surface area contributed by atoms with Crippen LogP contribution in [-0.2, 0) is 6.42 Å². The minimum absolute atomic E-state index is 0.0446. The van der Waals surface area contributed by atoms with Crippen molar-refractivity contribution in [3.8, 4) is 6.01 Å². The van der Waals surface area contributed by atoms with E-state index in [1.165, 1.54) is 5.56 Å². The zero-order valence-electron chi connectivity index (χ0n) is 9.68. The van der Waals surface area contributed by atoms with Crippen LogP contribution in [0, 0.1) is 0 Å². The minimum Gasteiger partial charge on any atom is -0.465 e. The highest BCUT2D eigenvalue weighted by atomic mass is 16.5. The smallest absolute Gasteiger partial charge is 0.353 e. The Morgan fingerprint density at radius 1 is 1.11 bits per heavy atom. The van der Waals surface area contributed by atoms with Crippen molar-refractivity contribution >= 4 is 0 Å². The van der Waals surface area contributed by atoms with Crippen molar-refractivity contribution in [3.63, 3.8) is 0 Å². The second-order valence-electron chi connectivity index (χ2n) is 3.74. The first-order chi connectivity index (χ1) is 8.74. The Kier molecular flexibility index (Phi) is 3.90. The van der Waals surface area contributed by atoms with Crippen molar-refractivity contribution in [2.24, 2.45) is 0 Å². The van der Waals surface area contributed by atoms with E-state index >= 15 is 0 Å². The van der Waals surface area contributed by atoms with Crippen molar-refractivity contribution in [1.29, 1.82) is 0 Å². The summed E-state index contributed by atoms with van der Waals surface area (Å²) in [7, 11) is 0. The summed E-state index contributed by atoms with van der Waals surface area (Å²) in [5.41, 5.74) is -0.113. The number of nitrogens with one attached hydrogen (secondary N) is 2. The van der Waals surface area contributed by atoms with Crippen molar-refractivity contribution < 1.29 is 4.74 Å². The molecule has 0 aliphatic rings. The van der Waals surface area contributed by atoms with Gasteiger partial charge >= 0.3 is 17.4 Å². The van der Waals surface area contributed by atoms with Crippen molar-refractivity contribution in [2.75, 3.05) is 6.61 Å². The Labute approximate surface area is 103 Å². The first kappa shape index (κ1) is 12.1. The molecule has 6 nitrogen and oxygen atoms in total. The first-order valence-corrected chi connectivity index (χ1v) is 5.61. The predicted molar refractivity (Wildman–Crippen MR) is 65.7 cm³/mol. The standard InChI is InChI=1S/C12H13N3O3/c16-10-13-11(17)15-12(14-10)18-8-4-7-9-5-2-1-3-6-9/h1-3,5-6H,4,7-8H2,(H2,13,14,15,16,17). The molecule has 6 heteroatoms. The van der Waals surface area contributed by atoms with Crippen molar-refractivity contribution in [2.45, 2.75) is 12.8 Å². The average molecular weight is 247 g/mol. The molecule has 0 radical (unpaired) electrons. The highest BCUT2D eigenvalue weighted by molar-refractivity contribution is 5.14. The molecule has 94 valence electrons. The van der Waals surface area contributed by atoms with Crippen LogP contribution in [0.5, 0.6) is 6.01 Å². The summed E-state index contributed by atoms with van der Waals surface area (Å²) in [5, 5.41) is 0. The van der Waals surface area contributed by atoms with Crippen LogP contribution in [0.15, 0.2) is 39.9 Å². The summed E-state index contributed by atoms with van der Waals surface area (Å²) >= 11 is 0. The van der Waals surface area contributed by atoms with E-state index in [1.54, 1.807) is 0 Å². The summed E-state index contributed by atoms with van der Waals surface area (Å²) < 4.78 is 5.20. The van der Waals surface area contributed by atoms with Gasteiger partial charge in [-0.3, -0.25) is 9.97 Å². The van der Waals surface area contributed by atoms with E-state index < -0.39 is 11.4 Å². The van der Waals surface area contributed by atoms with Gasteiger partial charge in [-0.25, -0.2) is 9.59 Å². The molecule has 0 amide bonds. The normalized spacial score (nSPS) is 10.2. The SMILES string of the molecule is O=c1nc(OCCCc2ccccc2)[nH]c(=O)[nH]1. The third-order valence-electron chi connectivity index (χ3n) is 2.34. The number of aromatic nitrogens is 3. The summed E-state index contributed by atoms with van der Waals surface area (Å²) in [6, 6.07) is 9.95. The topological polar surface area (TPSA) is 87.8 Å². The molecule has 2 rings (SSSR count). The van der Waals surface area contributed by atoms with Crippen molar-refractivity contribution in [3.05, 3.63) is 56.9 Å². The molecule has 1 heterocycles. The zero-order valence-corrected chi connectivity index (χ0v) is 9.68. The molecular weight excluding hydrogens is 234 g/mol. The lowest BCUT2D eigenvalue weighted by Gasteiger charge is -2.03. The van der Waals surface area contributed by atoms with E-state index in [9.17, 15) is 9.59 Å². The predicted octanol–water partition coefficient (Wildman–Crippen LogP) is 0.470. The lowest BCUT2D eigenvalue weighted by molar-refractivity contribution is 0.283. The fourth-order valence-electron chi connectivity index (χ4n) is 1.53. The Balaban J connectivity index is 1.82. The summed E-state index contributed by atoms with van der Waals surface area (Å²) in [6.07, 6.45) is 1.65. The second-order valence-corrected chi connectivity index (χ2v) is 3.74. The number of H-pyrrole nitrogens is 2. The van der Waals surface area contributed by atoms with Gasteiger partial charge in [-0.1, -0.05) is 30.3 Å². The number of nitrogens with zero attached hydrogens (tertiary/aromatic N) is 1. The quantitative estimate of drug-likeness (QED) is 0.752. The largest absolute Gasteiger partial charge is 0.465 e. The van der Waals surface area contributed by atoms with E-state index in [1.807, 2.05) is 35.3 Å². The summed E-state index contributed by atoms with van der Waals surface area (Å²) in [4.78, 5) is 29.6. The van der Waals surface area contributed by atoms with Gasteiger partial charge in [0.05, 0.1) is 6.61 Å². The fraction of sp³-hybridized carbons (Fsp3) is 0.250. The molecule has 1 aromatic carbocycles. The maximum atomic E-state index is 10.9. The van der Waals surface area contributed by atoms with Gasteiger partial charge in [-0.15, -0.1) is 4.98 Å². The molecule has 0 saturated carbocycles. The van der Waals surface area contributed by atoms with Gasteiger partial charge in [-0.05, 0) is 18.4 Å². The summed E-state index contributed by atoms with van der Waals surface area (Å²) in [5.74, 6) is 0. The third-order valence-corrected chi connectivity index (χ3v) is 2.34. The highest BCUT2D eigenvalue weighted by Gasteiger charge is 1.99. The number of aromatic amines is 2. The molecule has 0 spiro atoms. The van der Waals surface area contributed by atoms with Gasteiger partial charge in [0.1, 0.15) is 0 Å². The molecule has 0 aliphatic carbocycles. The molecule has 0 saturated heterocycles. The Morgan fingerprint density at radius 3 is 2.61 bits per heavy atom. The molecule has 2 aromatic rings. The van der Waals surface area contributed by atoms with Crippen LogP contribution >= 0.6 is 0 Å². The molecule has 2 N–H and O–H groups in total. The molecule has 0 atom stereocenters. The van der Waals surface area contributed by atoms with Crippen LogP contribution in [0.3, 0.4) is 0 Å². The number of benzene rings is 1. The third kappa shape index (κ3) is 3.58. The van der Waals surface area contributed by atoms with Crippen LogP contribution in [0.25, 0.3) is 0 Å². The van der Waals surface area contributed by atoms with E-state index in [0.717, 1.165) is 12.8 Å². The van der Waals surface area contributed by atoms with Gasteiger partial charge < -0.3 is 4.74 Å². The fourth-order valence-corrected chi connectivity index (χ4v) is 1.53. The lowest BCUT2D eigenvalue weighted by Crippen LogP contribution is -2.25. The molecule has 0 bridgehead atoms. The number of hydrogen-bond acceptors (Lipinski definition) is 4. The highest BCUT2D eigenvalue weighted by Crippen LogP contribution is 2.03. The van der Waals surface area contributed by atoms with Crippen LogP contribution in [0.1, 0.15) is 12.0 Å². The Bertz CT molecular complexity index is 575. The molecule has 0 fully saturated rings. The van der Waals surface area contributed by atoms with E-state index in [0.29, 0.717) is 6.61 Å². The van der Waals surface area contributed by atoms with Gasteiger partial charge in [0.15, 0.2) is 0 Å². The number of ether oxygens (including phenoxy) is 1. The van der Waals surface area contributed by atoms with Gasteiger partial charge in [0.25, 0.3) is 0 Å². The minimum atomic E-state index is -0.711. The van der Waals surface area contributed by atoms with E-state index in [-0.39, 0.29) is 6.01 Å². The summed E-state index contributed by atoms with van der Waals surface area (Å²) in [6.45, 7) is 0.390. The van der Waals surface area contributed by atoms with E-state index in [4.69, 9.17) is 4.74 Å². The first-order valence-electron chi connectivity index (χ1n) is 5.61. The molecule has 1 aromatic heterocycles. The van der Waals surface area contributed by atoms with Gasteiger partial charge in [0.2, 0.25) is 0 Å². The Hall–Kier alpha value is -2.37. The lowest BCUT2D eigenvalue weighted by atomic mass is 10.1. The van der Waals surface area contributed by atoms with Crippen LogP contribution in [-0.4, -0.2) is 21.6 Å². The van der Waals surface area contributed by atoms with Gasteiger partial charge in [0, 0.05) is 0 Å². The monoisotopic (exact) mass is 247 g/mol. The number of aryl methyl sites for hydroxylation is 1. The molecule has 0 unspecified atom stereocenters. The maximum absolute atomic E-state index is 10.9. The molecular formula is C12H13N3O3. The molecule has 18 heavy (non-hydrogen) atoms. The molecule has 0 aliphatic heterocycles. The average Bonchev–Trinajstić information content (AvgIpc) is 2.35.